The summed E-state index contributed by atoms with van der Waals surface area (Å²) in [7, 11) is 2.01. The highest BCUT2D eigenvalue weighted by molar-refractivity contribution is 5.71. The van der Waals surface area contributed by atoms with E-state index < -0.39 is 0 Å². The summed E-state index contributed by atoms with van der Waals surface area (Å²) in [6, 6.07) is 0. The van der Waals surface area contributed by atoms with Gasteiger partial charge in [0, 0.05) is 13.6 Å². The Kier molecular flexibility index (Phi) is 1.75. The Morgan fingerprint density at radius 3 is 2.80 bits per heavy atom. The molecule has 0 unspecified atom stereocenters. The molecular weight excluding hydrogens is 188 g/mol. The molecule has 1 aliphatic carbocycles. The maximum Gasteiger partial charge on any atom is 0.148 e. The molecule has 82 valence electrons. The maximum absolute atomic E-state index is 4.44. The number of nitrogens with zero attached hydrogens (tertiary/aromatic N) is 2. The highest BCUT2D eigenvalue weighted by atomic mass is 15.4. The van der Waals surface area contributed by atoms with Crippen LogP contribution in [0.2, 0.25) is 0 Å². The Morgan fingerprint density at radius 1 is 1.33 bits per heavy atom. The Hall–Kier alpha value is -1.19. The van der Waals surface area contributed by atoms with Crippen molar-refractivity contribution in [3.63, 3.8) is 0 Å². The SMILES string of the molecule is Cc1nn(C)c2c1NCC1(CCCC1)N2. The fourth-order valence-corrected chi connectivity index (χ4v) is 2.92. The quantitative estimate of drug-likeness (QED) is 0.681. The van der Waals surface area contributed by atoms with Gasteiger partial charge in [-0.05, 0) is 19.8 Å². The van der Waals surface area contributed by atoms with Crippen molar-refractivity contribution in [1.82, 2.24) is 9.78 Å². The van der Waals surface area contributed by atoms with Crippen molar-refractivity contribution in [3.8, 4) is 0 Å². The van der Waals surface area contributed by atoms with E-state index in [2.05, 4.69) is 22.7 Å². The number of hydrogen-bond acceptors (Lipinski definition) is 3. The zero-order valence-corrected chi connectivity index (χ0v) is 9.43. The minimum Gasteiger partial charge on any atom is -0.378 e. The molecule has 4 nitrogen and oxygen atoms in total. The topological polar surface area (TPSA) is 41.9 Å². The average Bonchev–Trinajstić information content (AvgIpc) is 2.75. The highest BCUT2D eigenvalue weighted by Crippen LogP contribution is 2.39. The molecule has 1 aromatic rings. The van der Waals surface area contributed by atoms with E-state index in [4.69, 9.17) is 0 Å². The van der Waals surface area contributed by atoms with Gasteiger partial charge in [-0.1, -0.05) is 12.8 Å². The summed E-state index contributed by atoms with van der Waals surface area (Å²) in [6.07, 6.45) is 5.26. The summed E-state index contributed by atoms with van der Waals surface area (Å²) in [5.74, 6) is 1.17. The Balaban J connectivity index is 1.98. The van der Waals surface area contributed by atoms with Crippen molar-refractivity contribution in [1.29, 1.82) is 0 Å². The summed E-state index contributed by atoms with van der Waals surface area (Å²) in [5.41, 5.74) is 2.58. The maximum atomic E-state index is 4.44. The lowest BCUT2D eigenvalue weighted by Crippen LogP contribution is -2.45. The van der Waals surface area contributed by atoms with Gasteiger partial charge in [0.25, 0.3) is 0 Å². The van der Waals surface area contributed by atoms with Gasteiger partial charge in [-0.15, -0.1) is 0 Å². The van der Waals surface area contributed by atoms with E-state index in [1.54, 1.807) is 0 Å². The molecule has 0 aromatic carbocycles. The van der Waals surface area contributed by atoms with Crippen molar-refractivity contribution in [2.24, 2.45) is 7.05 Å². The number of rotatable bonds is 0. The van der Waals surface area contributed by atoms with E-state index in [1.807, 2.05) is 11.7 Å². The van der Waals surface area contributed by atoms with E-state index in [0.717, 1.165) is 12.2 Å². The minimum atomic E-state index is 0.299. The van der Waals surface area contributed by atoms with Crippen LogP contribution in [0.4, 0.5) is 11.5 Å². The second-order valence-electron chi connectivity index (χ2n) is 4.90. The van der Waals surface area contributed by atoms with Gasteiger partial charge in [0.2, 0.25) is 0 Å². The smallest absolute Gasteiger partial charge is 0.148 e. The van der Waals surface area contributed by atoms with Crippen LogP contribution in [0.15, 0.2) is 0 Å². The van der Waals surface area contributed by atoms with Crippen LogP contribution in [-0.4, -0.2) is 21.9 Å². The first-order valence-corrected chi connectivity index (χ1v) is 5.76. The van der Waals surface area contributed by atoms with E-state index in [-0.39, 0.29) is 0 Å². The lowest BCUT2D eigenvalue weighted by molar-refractivity contribution is 0.493. The lowest BCUT2D eigenvalue weighted by Gasteiger charge is -2.36. The molecule has 0 saturated heterocycles. The summed E-state index contributed by atoms with van der Waals surface area (Å²) in [6.45, 7) is 3.10. The van der Waals surface area contributed by atoms with Crippen molar-refractivity contribution in [2.45, 2.75) is 38.1 Å². The highest BCUT2D eigenvalue weighted by Gasteiger charge is 2.38. The van der Waals surface area contributed by atoms with Gasteiger partial charge < -0.3 is 10.6 Å². The zero-order chi connectivity index (χ0) is 10.5. The number of nitrogens with one attached hydrogen (secondary N) is 2. The predicted molar refractivity (Wildman–Crippen MR) is 61.3 cm³/mol. The molecule has 0 bridgehead atoms. The number of fused-ring (bicyclic) bond motifs is 1. The van der Waals surface area contributed by atoms with Crippen molar-refractivity contribution in [2.75, 3.05) is 17.2 Å². The van der Waals surface area contributed by atoms with Gasteiger partial charge in [0.1, 0.15) is 11.5 Å². The predicted octanol–water partition coefficient (Wildman–Crippen LogP) is 1.88. The molecule has 1 aromatic heterocycles. The molecule has 15 heavy (non-hydrogen) atoms. The summed E-state index contributed by atoms with van der Waals surface area (Å²) in [5, 5.41) is 11.7. The molecule has 0 amide bonds. The van der Waals surface area contributed by atoms with Crippen molar-refractivity contribution >= 4 is 11.5 Å². The van der Waals surface area contributed by atoms with Gasteiger partial charge in [0.15, 0.2) is 0 Å². The fourth-order valence-electron chi connectivity index (χ4n) is 2.92. The first-order chi connectivity index (χ1) is 7.20. The van der Waals surface area contributed by atoms with Gasteiger partial charge in [-0.3, -0.25) is 4.68 Å². The van der Waals surface area contributed by atoms with Crippen LogP contribution in [0.1, 0.15) is 31.4 Å². The number of anilines is 2. The normalized spacial score (nSPS) is 22.3. The molecule has 2 N–H and O–H groups in total. The Morgan fingerprint density at radius 2 is 2.07 bits per heavy atom. The third kappa shape index (κ3) is 1.24. The van der Waals surface area contributed by atoms with Crippen LogP contribution >= 0.6 is 0 Å². The van der Waals surface area contributed by atoms with Gasteiger partial charge in [-0.2, -0.15) is 5.10 Å². The van der Waals surface area contributed by atoms with Crippen LogP contribution < -0.4 is 10.6 Å². The Labute approximate surface area is 90.0 Å². The molecule has 4 heteroatoms. The fraction of sp³-hybridized carbons (Fsp3) is 0.727. The van der Waals surface area contributed by atoms with Crippen LogP contribution in [0.5, 0.6) is 0 Å². The van der Waals surface area contributed by atoms with Gasteiger partial charge in [-0.25, -0.2) is 0 Å². The second kappa shape index (κ2) is 2.90. The third-order valence-electron chi connectivity index (χ3n) is 3.77. The Bertz CT molecular complexity index is 388. The standard InChI is InChI=1S/C11H18N4/c1-8-9-10(15(2)14-8)13-11(7-12-9)5-3-4-6-11/h12-13H,3-7H2,1-2H3. The van der Waals surface area contributed by atoms with Gasteiger partial charge >= 0.3 is 0 Å². The van der Waals surface area contributed by atoms with E-state index in [0.29, 0.717) is 5.54 Å². The van der Waals surface area contributed by atoms with E-state index >= 15 is 0 Å². The summed E-state index contributed by atoms with van der Waals surface area (Å²) < 4.78 is 1.96. The first-order valence-electron chi connectivity index (χ1n) is 5.76. The molecule has 0 atom stereocenters. The van der Waals surface area contributed by atoms with Crippen LogP contribution in [0.25, 0.3) is 0 Å². The van der Waals surface area contributed by atoms with Crippen molar-refractivity contribution < 1.29 is 0 Å². The molecule has 1 fully saturated rings. The lowest BCUT2D eigenvalue weighted by atomic mass is 9.95. The van der Waals surface area contributed by atoms with Crippen LogP contribution in [-0.2, 0) is 7.05 Å². The monoisotopic (exact) mass is 206 g/mol. The first kappa shape index (κ1) is 9.07. The van der Waals surface area contributed by atoms with Crippen LogP contribution in [0.3, 0.4) is 0 Å². The van der Waals surface area contributed by atoms with E-state index in [9.17, 15) is 0 Å². The molecule has 0 radical (unpaired) electrons. The van der Waals surface area contributed by atoms with Crippen molar-refractivity contribution in [3.05, 3.63) is 5.69 Å². The molecule has 1 spiro atoms. The molecule has 1 aliphatic heterocycles. The number of hydrogen-bond donors (Lipinski definition) is 2. The van der Waals surface area contributed by atoms with E-state index in [1.165, 1.54) is 37.2 Å². The third-order valence-corrected chi connectivity index (χ3v) is 3.77. The summed E-state index contributed by atoms with van der Waals surface area (Å²) in [4.78, 5) is 0. The molecule has 2 heterocycles. The molecule has 2 aliphatic rings. The average molecular weight is 206 g/mol. The summed E-state index contributed by atoms with van der Waals surface area (Å²) >= 11 is 0. The molecule has 1 saturated carbocycles. The largest absolute Gasteiger partial charge is 0.378 e. The minimum absolute atomic E-state index is 0.299. The number of aryl methyl sites for hydroxylation is 2. The molecular formula is C11H18N4. The van der Waals surface area contributed by atoms with Gasteiger partial charge in [0.05, 0.1) is 11.2 Å². The second-order valence-corrected chi connectivity index (χ2v) is 4.90. The number of aromatic nitrogens is 2. The molecule has 3 rings (SSSR count). The zero-order valence-electron chi connectivity index (χ0n) is 9.43. The van der Waals surface area contributed by atoms with Crippen LogP contribution in [0, 0.1) is 6.92 Å².